The van der Waals surface area contributed by atoms with Gasteiger partial charge in [-0.2, -0.15) is 0 Å². The summed E-state index contributed by atoms with van der Waals surface area (Å²) in [6.45, 7) is 1.60. The number of aliphatic imine (C=N–C) groups is 2. The number of carbonyl (C=O) groups is 5. The Kier molecular flexibility index (Phi) is 15.4. The molecule has 0 aromatic carbocycles. The number of carboxylic acid groups (broad SMARTS) is 2. The molecule has 0 spiro atoms. The summed E-state index contributed by atoms with van der Waals surface area (Å²) in [5.41, 5.74) is 27.0. The van der Waals surface area contributed by atoms with Crippen molar-refractivity contribution in [3.63, 3.8) is 0 Å². The summed E-state index contributed by atoms with van der Waals surface area (Å²) in [5.74, 6) is -5.17. The normalized spacial score (nSPS) is 13.7. The average Bonchev–Trinajstić information content (AvgIpc) is 2.80. The molecule has 0 saturated heterocycles. The van der Waals surface area contributed by atoms with Crippen molar-refractivity contribution in [1.29, 1.82) is 0 Å². The number of guanidine groups is 2. The zero-order valence-electron chi connectivity index (χ0n) is 20.7. The summed E-state index contributed by atoms with van der Waals surface area (Å²) >= 11 is 0. The van der Waals surface area contributed by atoms with E-state index < -0.39 is 60.2 Å². The van der Waals surface area contributed by atoms with E-state index in [1.807, 2.05) is 0 Å². The lowest BCUT2D eigenvalue weighted by atomic mass is 10.1. The van der Waals surface area contributed by atoms with E-state index in [0.717, 1.165) is 0 Å². The highest BCUT2D eigenvalue weighted by atomic mass is 16.4. The zero-order valence-corrected chi connectivity index (χ0v) is 20.7. The molecule has 0 bridgehead atoms. The Hall–Kier alpha value is -4.15. The SMILES string of the molecule is CC(NC(=O)C(CCC(=O)O)NC(=O)C(CCCN=C(N)N)NC(=O)C(N)CCCN=C(N)N)C(=O)O. The minimum Gasteiger partial charge on any atom is -0.481 e. The molecule has 0 radical (unpaired) electrons. The third kappa shape index (κ3) is 15.5. The quantitative estimate of drug-likeness (QED) is 0.0458. The maximum Gasteiger partial charge on any atom is 0.325 e. The van der Waals surface area contributed by atoms with Crippen LogP contribution in [0.4, 0.5) is 0 Å². The van der Waals surface area contributed by atoms with Crippen molar-refractivity contribution in [3.05, 3.63) is 0 Å². The first-order valence-corrected chi connectivity index (χ1v) is 11.5. The van der Waals surface area contributed by atoms with E-state index >= 15 is 0 Å². The summed E-state index contributed by atoms with van der Waals surface area (Å²) in [4.78, 5) is 67.8. The van der Waals surface area contributed by atoms with Gasteiger partial charge in [0.25, 0.3) is 0 Å². The number of hydrogen-bond donors (Lipinski definition) is 10. The Morgan fingerprint density at radius 2 is 1.19 bits per heavy atom. The van der Waals surface area contributed by atoms with Crippen LogP contribution in [0.5, 0.6) is 0 Å². The maximum absolute atomic E-state index is 13.0. The van der Waals surface area contributed by atoms with Crippen LogP contribution in [0.25, 0.3) is 0 Å². The fourth-order valence-electron chi connectivity index (χ4n) is 2.89. The molecule has 15 N–H and O–H groups in total. The summed E-state index contributed by atoms with van der Waals surface area (Å²) in [7, 11) is 0. The van der Waals surface area contributed by atoms with Crippen molar-refractivity contribution in [2.24, 2.45) is 38.7 Å². The molecule has 0 saturated carbocycles. The average molecular weight is 531 g/mol. The van der Waals surface area contributed by atoms with Crippen LogP contribution in [0.1, 0.15) is 45.4 Å². The number of nitrogens with two attached hydrogens (primary N) is 5. The zero-order chi connectivity index (χ0) is 28.5. The fourth-order valence-corrected chi connectivity index (χ4v) is 2.89. The number of amides is 3. The highest BCUT2D eigenvalue weighted by Gasteiger charge is 2.29. The molecule has 0 aromatic heterocycles. The fraction of sp³-hybridized carbons (Fsp3) is 0.650. The first kappa shape index (κ1) is 32.9. The van der Waals surface area contributed by atoms with Crippen molar-refractivity contribution in [2.45, 2.75) is 69.6 Å². The standard InChI is InChI=1S/C20H38N10O7/c1-10(18(36)37)28-16(34)13(6-7-14(31)32)30-17(35)12(5-3-9-27-20(24)25)29-15(33)11(21)4-2-8-26-19(22)23/h10-13H,2-9,21H2,1H3,(H,28,34)(H,29,33)(H,30,35)(H,31,32)(H,36,37)(H4,22,23,26)(H4,24,25,27). The monoisotopic (exact) mass is 530 g/mol. The van der Waals surface area contributed by atoms with Crippen LogP contribution >= 0.6 is 0 Å². The summed E-state index contributed by atoms with van der Waals surface area (Å²) in [6.07, 6.45) is 0.112. The first-order valence-electron chi connectivity index (χ1n) is 11.5. The lowest BCUT2D eigenvalue weighted by Crippen LogP contribution is -2.56. The molecule has 0 rings (SSSR count). The molecule has 4 unspecified atom stereocenters. The van der Waals surface area contributed by atoms with E-state index in [2.05, 4.69) is 25.9 Å². The van der Waals surface area contributed by atoms with Crippen molar-refractivity contribution < 1.29 is 34.2 Å². The lowest BCUT2D eigenvalue weighted by Gasteiger charge is -2.24. The molecule has 0 heterocycles. The molecule has 17 nitrogen and oxygen atoms in total. The third-order valence-corrected chi connectivity index (χ3v) is 4.89. The predicted molar refractivity (Wildman–Crippen MR) is 134 cm³/mol. The molecule has 0 aliphatic heterocycles. The number of carboxylic acids is 2. The predicted octanol–water partition coefficient (Wildman–Crippen LogP) is -4.16. The number of nitrogens with one attached hydrogen (secondary N) is 3. The van der Waals surface area contributed by atoms with Crippen molar-refractivity contribution in [1.82, 2.24) is 16.0 Å². The molecule has 0 fully saturated rings. The Labute approximate surface area is 213 Å². The lowest BCUT2D eigenvalue weighted by molar-refractivity contribution is -0.142. The van der Waals surface area contributed by atoms with E-state index in [1.165, 1.54) is 6.92 Å². The Balaban J connectivity index is 5.48. The molecule has 4 atom stereocenters. The second-order valence-corrected chi connectivity index (χ2v) is 8.13. The van der Waals surface area contributed by atoms with E-state index in [1.54, 1.807) is 0 Å². The van der Waals surface area contributed by atoms with Crippen LogP contribution in [0.15, 0.2) is 9.98 Å². The largest absolute Gasteiger partial charge is 0.481 e. The second-order valence-electron chi connectivity index (χ2n) is 8.13. The Bertz CT molecular complexity index is 856. The first-order chi connectivity index (χ1) is 17.2. The third-order valence-electron chi connectivity index (χ3n) is 4.89. The molecule has 0 aliphatic rings. The van der Waals surface area contributed by atoms with Gasteiger partial charge in [-0.05, 0) is 39.0 Å². The maximum atomic E-state index is 13.0. The van der Waals surface area contributed by atoms with Crippen LogP contribution in [0.2, 0.25) is 0 Å². The minimum atomic E-state index is -1.38. The van der Waals surface area contributed by atoms with Gasteiger partial charge < -0.3 is 54.8 Å². The van der Waals surface area contributed by atoms with Gasteiger partial charge in [0.05, 0.1) is 6.04 Å². The number of rotatable bonds is 18. The molecule has 0 aliphatic carbocycles. The minimum absolute atomic E-state index is 0.0495. The van der Waals surface area contributed by atoms with Gasteiger partial charge in [-0.3, -0.25) is 34.0 Å². The van der Waals surface area contributed by atoms with Gasteiger partial charge in [-0.1, -0.05) is 0 Å². The second kappa shape index (κ2) is 17.3. The number of aliphatic carboxylic acids is 2. The van der Waals surface area contributed by atoms with E-state index in [-0.39, 0.29) is 50.7 Å². The highest BCUT2D eigenvalue weighted by molar-refractivity contribution is 5.94. The van der Waals surface area contributed by atoms with Crippen LogP contribution < -0.4 is 44.6 Å². The summed E-state index contributed by atoms with van der Waals surface area (Å²) in [6, 6.07) is -4.84. The van der Waals surface area contributed by atoms with Gasteiger partial charge in [-0.25, -0.2) is 0 Å². The smallest absolute Gasteiger partial charge is 0.325 e. The van der Waals surface area contributed by atoms with Gasteiger partial charge in [0.15, 0.2) is 11.9 Å². The number of carbonyl (C=O) groups excluding carboxylic acids is 3. The highest BCUT2D eigenvalue weighted by Crippen LogP contribution is 2.05. The van der Waals surface area contributed by atoms with Gasteiger partial charge >= 0.3 is 11.9 Å². The number of nitrogens with zero attached hydrogens (tertiary/aromatic N) is 2. The van der Waals surface area contributed by atoms with Crippen molar-refractivity contribution in [3.8, 4) is 0 Å². The Morgan fingerprint density at radius 3 is 1.68 bits per heavy atom. The molecular formula is C20H38N10O7. The molecule has 17 heteroatoms. The number of hydrogen-bond acceptors (Lipinski definition) is 8. The van der Waals surface area contributed by atoms with Crippen LogP contribution in [-0.4, -0.2) is 89.0 Å². The van der Waals surface area contributed by atoms with Crippen LogP contribution in [0, 0.1) is 0 Å². The molecular weight excluding hydrogens is 492 g/mol. The van der Waals surface area contributed by atoms with E-state index in [9.17, 15) is 24.0 Å². The van der Waals surface area contributed by atoms with Gasteiger partial charge in [0.1, 0.15) is 18.1 Å². The molecule has 210 valence electrons. The summed E-state index contributed by atoms with van der Waals surface area (Å²) in [5, 5.41) is 25.1. The van der Waals surface area contributed by atoms with Crippen molar-refractivity contribution in [2.75, 3.05) is 13.1 Å². The Morgan fingerprint density at radius 1 is 0.730 bits per heavy atom. The van der Waals surface area contributed by atoms with Gasteiger partial charge in [0.2, 0.25) is 17.7 Å². The van der Waals surface area contributed by atoms with E-state index in [4.69, 9.17) is 38.9 Å². The topological polar surface area (TPSA) is 317 Å². The van der Waals surface area contributed by atoms with Gasteiger partial charge in [-0.15, -0.1) is 0 Å². The molecule has 0 aromatic rings. The summed E-state index contributed by atoms with van der Waals surface area (Å²) < 4.78 is 0. The molecule has 3 amide bonds. The van der Waals surface area contributed by atoms with Gasteiger partial charge in [0, 0.05) is 19.5 Å². The van der Waals surface area contributed by atoms with Crippen LogP contribution in [-0.2, 0) is 24.0 Å². The molecule has 37 heavy (non-hydrogen) atoms. The van der Waals surface area contributed by atoms with E-state index in [0.29, 0.717) is 6.42 Å². The van der Waals surface area contributed by atoms with Crippen LogP contribution in [0.3, 0.4) is 0 Å². The van der Waals surface area contributed by atoms with Crippen molar-refractivity contribution >= 4 is 41.6 Å².